The minimum absolute atomic E-state index is 0.0583. The van der Waals surface area contributed by atoms with Crippen LogP contribution in [0.15, 0.2) is 16.7 Å². The van der Waals surface area contributed by atoms with Gasteiger partial charge in [-0.1, -0.05) is 30.6 Å². The van der Waals surface area contributed by atoms with E-state index in [-0.39, 0.29) is 17.6 Å². The van der Waals surface area contributed by atoms with E-state index in [1.165, 1.54) is 6.92 Å². The minimum Gasteiger partial charge on any atom is -0.489 e. The molecule has 1 unspecified atom stereocenters. The lowest BCUT2D eigenvalue weighted by molar-refractivity contribution is 0.297. The summed E-state index contributed by atoms with van der Waals surface area (Å²) in [6, 6.07) is 3.25. The predicted octanol–water partition coefficient (Wildman–Crippen LogP) is 3.68. The average molecular weight is 401 g/mol. The second-order valence-electron chi connectivity index (χ2n) is 6.55. The van der Waals surface area contributed by atoms with Crippen LogP contribution in [0.4, 0.5) is 0 Å². The maximum Gasteiger partial charge on any atom is 0.244 e. The molecule has 0 fully saturated rings. The van der Waals surface area contributed by atoms with E-state index in [1.54, 1.807) is 12.1 Å². The fourth-order valence-electron chi connectivity index (χ4n) is 2.53. The number of ether oxygens (including phenoxy) is 2. The molecule has 1 aliphatic rings. The molecule has 0 spiro atoms. The Bertz CT molecular complexity index is 895. The number of aromatic nitrogens is 2. The van der Waals surface area contributed by atoms with E-state index in [4.69, 9.17) is 25.6 Å². The van der Waals surface area contributed by atoms with Crippen LogP contribution in [-0.4, -0.2) is 31.8 Å². The summed E-state index contributed by atoms with van der Waals surface area (Å²) in [5.74, 6) is 1.34. The van der Waals surface area contributed by atoms with Gasteiger partial charge in [-0.3, -0.25) is 0 Å². The Hall–Kier alpha value is -1.80. The highest BCUT2D eigenvalue weighted by molar-refractivity contribution is 7.90. The van der Waals surface area contributed by atoms with E-state index in [0.29, 0.717) is 41.1 Å². The summed E-state index contributed by atoms with van der Waals surface area (Å²) in [5.41, 5.74) is 0.523. The normalized spacial score (nSPS) is 15.7. The molecule has 0 aliphatic carbocycles. The Morgan fingerprint density at radius 2 is 1.92 bits per heavy atom. The van der Waals surface area contributed by atoms with Crippen LogP contribution < -0.4 is 9.47 Å². The summed E-state index contributed by atoms with van der Waals surface area (Å²) in [5, 5.41) is 3.25. The number of nitrogens with zero attached hydrogens (tertiary/aromatic N) is 2. The van der Waals surface area contributed by atoms with E-state index < -0.39 is 15.1 Å². The Morgan fingerprint density at radius 3 is 2.62 bits per heavy atom. The summed E-state index contributed by atoms with van der Waals surface area (Å²) in [7, 11) is -3.58. The molecule has 0 radical (unpaired) electrons. The van der Waals surface area contributed by atoms with Crippen LogP contribution in [0, 0.1) is 0 Å². The molecule has 26 heavy (non-hydrogen) atoms. The van der Waals surface area contributed by atoms with Crippen molar-refractivity contribution in [2.24, 2.45) is 0 Å². The third kappa shape index (κ3) is 3.96. The van der Waals surface area contributed by atoms with Gasteiger partial charge in [0.05, 0.1) is 24.0 Å². The number of sulfone groups is 1. The Labute approximate surface area is 157 Å². The van der Waals surface area contributed by atoms with Gasteiger partial charge in [0.25, 0.3) is 0 Å². The number of hydrogen-bond donors (Lipinski definition) is 0. The lowest BCUT2D eigenvalue weighted by atomic mass is 10.2. The molecular weight excluding hydrogens is 380 g/mol. The predicted molar refractivity (Wildman–Crippen MR) is 96.5 cm³/mol. The molecule has 2 heterocycles. The molecule has 9 heteroatoms. The van der Waals surface area contributed by atoms with Crippen LogP contribution in [0.1, 0.15) is 55.6 Å². The quantitative estimate of drug-likeness (QED) is 0.755. The van der Waals surface area contributed by atoms with Crippen molar-refractivity contribution in [1.29, 1.82) is 0 Å². The van der Waals surface area contributed by atoms with Crippen LogP contribution in [0.3, 0.4) is 0 Å². The van der Waals surface area contributed by atoms with Gasteiger partial charge >= 0.3 is 0 Å². The van der Waals surface area contributed by atoms with Crippen LogP contribution in [0.25, 0.3) is 0 Å². The van der Waals surface area contributed by atoms with Gasteiger partial charge in [-0.25, -0.2) is 8.42 Å². The summed E-state index contributed by atoms with van der Waals surface area (Å²) in [6.07, 6.45) is 0.741. The highest BCUT2D eigenvalue weighted by Crippen LogP contribution is 2.39. The van der Waals surface area contributed by atoms with Crippen LogP contribution in [-0.2, 0) is 15.6 Å². The van der Waals surface area contributed by atoms with Gasteiger partial charge in [-0.05, 0) is 24.6 Å². The zero-order valence-electron chi connectivity index (χ0n) is 14.9. The molecule has 0 bridgehead atoms. The molecule has 142 valence electrons. The zero-order valence-corrected chi connectivity index (χ0v) is 16.4. The van der Waals surface area contributed by atoms with E-state index in [1.807, 2.05) is 13.8 Å². The Balaban J connectivity index is 1.84. The molecule has 0 saturated heterocycles. The van der Waals surface area contributed by atoms with E-state index in [0.717, 1.165) is 6.42 Å². The van der Waals surface area contributed by atoms with Gasteiger partial charge in [0.1, 0.15) is 5.25 Å². The molecule has 0 saturated carbocycles. The smallest absolute Gasteiger partial charge is 0.244 e. The van der Waals surface area contributed by atoms with Gasteiger partial charge in [0.15, 0.2) is 27.2 Å². The molecule has 0 amide bonds. The van der Waals surface area contributed by atoms with E-state index >= 15 is 0 Å². The summed E-state index contributed by atoms with van der Waals surface area (Å²) in [4.78, 5) is 4.19. The summed E-state index contributed by atoms with van der Waals surface area (Å²) in [6.45, 7) is 6.37. The standard InChI is InChI=1S/C17H21ClN2O5S/c1-10(2)16-19-17(25-20-16)11(3)26(21,22)9-12-7-13(18)15-14(8-12)23-5-4-6-24-15/h7-8,10-11H,4-6,9H2,1-3H3. The highest BCUT2D eigenvalue weighted by atomic mass is 35.5. The maximum absolute atomic E-state index is 12.8. The lowest BCUT2D eigenvalue weighted by Gasteiger charge is -2.13. The number of fused-ring (bicyclic) bond motifs is 1. The van der Waals surface area contributed by atoms with Gasteiger partial charge in [0.2, 0.25) is 5.89 Å². The van der Waals surface area contributed by atoms with Crippen molar-refractivity contribution in [2.75, 3.05) is 13.2 Å². The first-order chi connectivity index (χ1) is 12.3. The van der Waals surface area contributed by atoms with Crippen LogP contribution >= 0.6 is 11.6 Å². The Kier molecular flexibility index (Phi) is 5.43. The summed E-state index contributed by atoms with van der Waals surface area (Å²) >= 11 is 6.24. The fraction of sp³-hybridized carbons (Fsp3) is 0.529. The van der Waals surface area contributed by atoms with Gasteiger partial charge in [-0.2, -0.15) is 4.98 Å². The first-order valence-corrected chi connectivity index (χ1v) is 10.5. The van der Waals surface area contributed by atoms with Crippen LogP contribution in [0.2, 0.25) is 5.02 Å². The van der Waals surface area contributed by atoms with Crippen molar-refractivity contribution in [3.05, 3.63) is 34.4 Å². The topological polar surface area (TPSA) is 91.5 Å². The maximum atomic E-state index is 12.8. The van der Waals surface area contributed by atoms with Crippen molar-refractivity contribution < 1.29 is 22.4 Å². The van der Waals surface area contributed by atoms with Gasteiger partial charge < -0.3 is 14.0 Å². The highest BCUT2D eigenvalue weighted by Gasteiger charge is 2.29. The fourth-order valence-corrected chi connectivity index (χ4v) is 4.10. The first-order valence-electron chi connectivity index (χ1n) is 8.41. The number of rotatable bonds is 5. The van der Waals surface area contributed by atoms with Crippen molar-refractivity contribution in [3.8, 4) is 11.5 Å². The monoisotopic (exact) mass is 400 g/mol. The molecule has 7 nitrogen and oxygen atoms in total. The van der Waals surface area contributed by atoms with Crippen LogP contribution in [0.5, 0.6) is 11.5 Å². The zero-order chi connectivity index (χ0) is 18.9. The van der Waals surface area contributed by atoms with Crippen molar-refractivity contribution in [1.82, 2.24) is 10.1 Å². The number of halogens is 1. The van der Waals surface area contributed by atoms with Gasteiger partial charge in [0, 0.05) is 12.3 Å². The molecule has 1 aromatic carbocycles. The van der Waals surface area contributed by atoms with Crippen molar-refractivity contribution in [2.45, 2.75) is 44.1 Å². The van der Waals surface area contributed by atoms with E-state index in [2.05, 4.69) is 10.1 Å². The number of benzene rings is 1. The molecule has 3 rings (SSSR count). The van der Waals surface area contributed by atoms with Gasteiger partial charge in [-0.15, -0.1) is 0 Å². The second kappa shape index (κ2) is 7.44. The van der Waals surface area contributed by atoms with Crippen molar-refractivity contribution in [3.63, 3.8) is 0 Å². The SMILES string of the molecule is CC(C)c1noc(C(C)S(=O)(=O)Cc2cc(Cl)c3c(c2)OCCCO3)n1. The molecule has 1 aromatic heterocycles. The first kappa shape index (κ1) is 19.0. The summed E-state index contributed by atoms with van der Waals surface area (Å²) < 4.78 is 41.9. The Morgan fingerprint density at radius 1 is 1.19 bits per heavy atom. The third-order valence-electron chi connectivity index (χ3n) is 4.09. The average Bonchev–Trinajstić information content (AvgIpc) is 2.94. The molecule has 1 atom stereocenters. The molecular formula is C17H21ClN2O5S. The minimum atomic E-state index is -3.58. The largest absolute Gasteiger partial charge is 0.489 e. The second-order valence-corrected chi connectivity index (χ2v) is 9.28. The third-order valence-corrected chi connectivity index (χ3v) is 6.39. The van der Waals surface area contributed by atoms with Crippen molar-refractivity contribution >= 4 is 21.4 Å². The molecule has 2 aromatic rings. The van der Waals surface area contributed by atoms with E-state index in [9.17, 15) is 8.42 Å². The lowest BCUT2D eigenvalue weighted by Crippen LogP contribution is -2.13. The number of hydrogen-bond acceptors (Lipinski definition) is 7. The molecule has 0 N–H and O–H groups in total. The molecule has 1 aliphatic heterocycles.